The maximum Gasteiger partial charge on any atom is 0.274 e. The van der Waals surface area contributed by atoms with E-state index in [4.69, 9.17) is 0 Å². The van der Waals surface area contributed by atoms with E-state index in [9.17, 15) is 10.1 Å². The average molecular weight is 357 g/mol. The van der Waals surface area contributed by atoms with Gasteiger partial charge < -0.3 is 10.6 Å². The molecule has 0 radical (unpaired) electrons. The first-order valence-electron chi connectivity index (χ1n) is 8.47. The van der Waals surface area contributed by atoms with Crippen LogP contribution in [0.15, 0.2) is 48.5 Å². The van der Waals surface area contributed by atoms with Crippen LogP contribution < -0.4 is 10.6 Å². The Morgan fingerprint density at radius 1 is 1.00 bits per heavy atom. The van der Waals surface area contributed by atoms with Gasteiger partial charge in [-0.15, -0.1) is 0 Å². The lowest BCUT2D eigenvalue weighted by molar-refractivity contribution is 0.102. The number of benzene rings is 2. The van der Waals surface area contributed by atoms with Crippen LogP contribution in [0.2, 0.25) is 0 Å². The Morgan fingerprint density at radius 3 is 2.52 bits per heavy atom. The van der Waals surface area contributed by atoms with Crippen LogP contribution in [0.1, 0.15) is 33.0 Å². The Balaban J connectivity index is 1.88. The number of hydrogen-bond acceptors (Lipinski definition) is 5. The molecule has 3 aromatic rings. The van der Waals surface area contributed by atoms with Crippen molar-refractivity contribution in [3.05, 3.63) is 76.7 Å². The summed E-state index contributed by atoms with van der Waals surface area (Å²) in [6, 6.07) is 16.6. The molecule has 134 valence electrons. The van der Waals surface area contributed by atoms with E-state index < -0.39 is 0 Å². The van der Waals surface area contributed by atoms with Gasteiger partial charge in [-0.05, 0) is 50.1 Å². The third-order valence-electron chi connectivity index (χ3n) is 4.23. The van der Waals surface area contributed by atoms with Crippen LogP contribution in [0, 0.1) is 32.1 Å². The van der Waals surface area contributed by atoms with Gasteiger partial charge in [-0.2, -0.15) is 5.26 Å². The van der Waals surface area contributed by atoms with E-state index in [0.29, 0.717) is 22.9 Å². The average Bonchev–Trinajstić information content (AvgIpc) is 2.65. The van der Waals surface area contributed by atoms with Crippen LogP contribution in [0.3, 0.4) is 0 Å². The molecule has 1 aromatic heterocycles. The van der Waals surface area contributed by atoms with Crippen molar-refractivity contribution in [3.8, 4) is 6.07 Å². The molecule has 0 spiro atoms. The first kappa shape index (κ1) is 18.1. The third-order valence-corrected chi connectivity index (χ3v) is 4.23. The normalized spacial score (nSPS) is 10.1. The van der Waals surface area contributed by atoms with Crippen molar-refractivity contribution in [2.24, 2.45) is 0 Å². The van der Waals surface area contributed by atoms with Gasteiger partial charge in [-0.1, -0.05) is 24.3 Å². The number of amides is 1. The Morgan fingerprint density at radius 2 is 1.74 bits per heavy atom. The summed E-state index contributed by atoms with van der Waals surface area (Å²) < 4.78 is 0. The molecule has 2 N–H and O–H groups in total. The van der Waals surface area contributed by atoms with Crippen LogP contribution in [0.5, 0.6) is 0 Å². The summed E-state index contributed by atoms with van der Waals surface area (Å²) in [5, 5.41) is 15.2. The van der Waals surface area contributed by atoms with Gasteiger partial charge in [0.15, 0.2) is 0 Å². The van der Waals surface area contributed by atoms with Gasteiger partial charge in [0.25, 0.3) is 5.91 Å². The first-order chi connectivity index (χ1) is 13.0. The summed E-state index contributed by atoms with van der Waals surface area (Å²) in [5.41, 5.74) is 4.23. The number of rotatable bonds is 4. The standard InChI is InChI=1S/C21H19N5O/c1-13-7-6-10-17(14(13)2)26-21(27)19-11-20(24-15(3)23-19)25-18-9-5-4-8-16(18)12-22/h4-11H,1-3H3,(H,26,27)(H,23,24,25). The van der Waals surface area contributed by atoms with E-state index >= 15 is 0 Å². The molecule has 0 unspecified atom stereocenters. The molecule has 1 amide bonds. The zero-order valence-electron chi connectivity index (χ0n) is 15.4. The van der Waals surface area contributed by atoms with Crippen molar-refractivity contribution < 1.29 is 4.79 Å². The quantitative estimate of drug-likeness (QED) is 0.728. The summed E-state index contributed by atoms with van der Waals surface area (Å²) in [6.07, 6.45) is 0. The lowest BCUT2D eigenvalue weighted by atomic mass is 10.1. The molecule has 0 aliphatic carbocycles. The smallest absolute Gasteiger partial charge is 0.274 e. The number of nitrogens with one attached hydrogen (secondary N) is 2. The molecule has 0 aliphatic rings. The Hall–Kier alpha value is -3.72. The van der Waals surface area contributed by atoms with E-state index in [1.54, 1.807) is 31.2 Å². The Bertz CT molecular complexity index is 1050. The second-order valence-corrected chi connectivity index (χ2v) is 6.17. The van der Waals surface area contributed by atoms with Gasteiger partial charge in [0, 0.05) is 11.8 Å². The molecule has 6 heteroatoms. The number of nitrogens with zero attached hydrogens (tertiary/aromatic N) is 3. The Kier molecular flexibility index (Phi) is 5.13. The minimum atomic E-state index is -0.314. The summed E-state index contributed by atoms with van der Waals surface area (Å²) in [7, 11) is 0. The van der Waals surface area contributed by atoms with Crippen LogP contribution >= 0.6 is 0 Å². The van der Waals surface area contributed by atoms with Gasteiger partial charge in [0.1, 0.15) is 23.4 Å². The van der Waals surface area contributed by atoms with Gasteiger partial charge in [-0.3, -0.25) is 4.79 Å². The van der Waals surface area contributed by atoms with Crippen molar-refractivity contribution >= 4 is 23.1 Å². The summed E-state index contributed by atoms with van der Waals surface area (Å²) in [6.45, 7) is 5.67. The fourth-order valence-electron chi connectivity index (χ4n) is 2.65. The van der Waals surface area contributed by atoms with Gasteiger partial charge in [0.05, 0.1) is 11.3 Å². The molecule has 0 fully saturated rings. The lowest BCUT2D eigenvalue weighted by Crippen LogP contribution is -2.16. The summed E-state index contributed by atoms with van der Waals surface area (Å²) >= 11 is 0. The summed E-state index contributed by atoms with van der Waals surface area (Å²) in [5.74, 6) is 0.600. The van der Waals surface area contributed by atoms with Crippen molar-refractivity contribution in [2.75, 3.05) is 10.6 Å². The lowest BCUT2D eigenvalue weighted by Gasteiger charge is -2.12. The number of para-hydroxylation sites is 1. The highest BCUT2D eigenvalue weighted by atomic mass is 16.1. The molecule has 27 heavy (non-hydrogen) atoms. The van der Waals surface area contributed by atoms with Crippen LogP contribution in [0.4, 0.5) is 17.2 Å². The number of hydrogen-bond donors (Lipinski definition) is 2. The molecule has 0 aliphatic heterocycles. The maximum absolute atomic E-state index is 12.7. The van der Waals surface area contributed by atoms with E-state index in [2.05, 4.69) is 26.7 Å². The van der Waals surface area contributed by atoms with E-state index in [1.165, 1.54) is 0 Å². The molecular formula is C21H19N5O. The molecule has 1 heterocycles. The molecule has 2 aromatic carbocycles. The number of carbonyl (C=O) groups is 1. The van der Waals surface area contributed by atoms with Crippen molar-refractivity contribution in [1.82, 2.24) is 9.97 Å². The van der Waals surface area contributed by atoms with Gasteiger partial charge in [0.2, 0.25) is 0 Å². The van der Waals surface area contributed by atoms with Crippen molar-refractivity contribution in [3.63, 3.8) is 0 Å². The number of aromatic nitrogens is 2. The zero-order chi connectivity index (χ0) is 19.4. The Labute approximate surface area is 157 Å². The van der Waals surface area contributed by atoms with E-state index in [-0.39, 0.29) is 11.6 Å². The minimum absolute atomic E-state index is 0.250. The van der Waals surface area contributed by atoms with E-state index in [1.807, 2.05) is 38.1 Å². The molecule has 0 bridgehead atoms. The highest BCUT2D eigenvalue weighted by molar-refractivity contribution is 6.03. The number of carbonyl (C=O) groups excluding carboxylic acids is 1. The molecule has 0 atom stereocenters. The zero-order valence-corrected chi connectivity index (χ0v) is 15.4. The van der Waals surface area contributed by atoms with Crippen molar-refractivity contribution in [2.45, 2.75) is 20.8 Å². The molecular weight excluding hydrogens is 338 g/mol. The largest absolute Gasteiger partial charge is 0.339 e. The molecule has 0 saturated carbocycles. The number of anilines is 3. The highest BCUT2D eigenvalue weighted by Crippen LogP contribution is 2.21. The van der Waals surface area contributed by atoms with Crippen molar-refractivity contribution in [1.29, 1.82) is 5.26 Å². The SMILES string of the molecule is Cc1nc(Nc2ccccc2C#N)cc(C(=O)Nc2cccc(C)c2C)n1. The second kappa shape index (κ2) is 7.67. The molecule has 6 nitrogen and oxygen atoms in total. The second-order valence-electron chi connectivity index (χ2n) is 6.17. The summed E-state index contributed by atoms with van der Waals surface area (Å²) in [4.78, 5) is 21.2. The maximum atomic E-state index is 12.7. The molecule has 0 saturated heterocycles. The predicted molar refractivity (Wildman–Crippen MR) is 105 cm³/mol. The van der Waals surface area contributed by atoms with Crippen LogP contribution in [-0.2, 0) is 0 Å². The topological polar surface area (TPSA) is 90.7 Å². The number of aryl methyl sites for hydroxylation is 2. The van der Waals surface area contributed by atoms with Gasteiger partial charge in [-0.25, -0.2) is 9.97 Å². The first-order valence-corrected chi connectivity index (χ1v) is 8.47. The fourth-order valence-corrected chi connectivity index (χ4v) is 2.65. The van der Waals surface area contributed by atoms with Gasteiger partial charge >= 0.3 is 0 Å². The highest BCUT2D eigenvalue weighted by Gasteiger charge is 2.13. The molecule has 3 rings (SSSR count). The van der Waals surface area contributed by atoms with Crippen LogP contribution in [0.25, 0.3) is 0 Å². The monoisotopic (exact) mass is 357 g/mol. The predicted octanol–water partition coefficient (Wildman–Crippen LogP) is 4.27. The fraction of sp³-hybridized carbons (Fsp3) is 0.143. The number of nitriles is 1. The van der Waals surface area contributed by atoms with E-state index in [0.717, 1.165) is 16.8 Å². The minimum Gasteiger partial charge on any atom is -0.339 e. The van der Waals surface area contributed by atoms with Crippen LogP contribution in [-0.4, -0.2) is 15.9 Å². The third kappa shape index (κ3) is 4.10.